The minimum Gasteiger partial charge on any atom is -0.478 e. The van der Waals surface area contributed by atoms with Gasteiger partial charge in [-0.2, -0.15) is 0 Å². The molecule has 2 unspecified atom stereocenters. The van der Waals surface area contributed by atoms with Gasteiger partial charge in [0.2, 0.25) is 0 Å². The highest BCUT2D eigenvalue weighted by Crippen LogP contribution is 2.18. The molecule has 4 heteroatoms. The van der Waals surface area contributed by atoms with Crippen molar-refractivity contribution in [2.75, 3.05) is 0 Å². The van der Waals surface area contributed by atoms with Gasteiger partial charge < -0.3 is 15.3 Å². The van der Waals surface area contributed by atoms with Crippen molar-refractivity contribution in [3.63, 3.8) is 0 Å². The Hall–Kier alpha value is -0.870. The summed E-state index contributed by atoms with van der Waals surface area (Å²) in [7, 11) is 0. The fourth-order valence-electron chi connectivity index (χ4n) is 1.11. The quantitative estimate of drug-likeness (QED) is 0.481. The van der Waals surface area contributed by atoms with Crippen LogP contribution in [0.4, 0.5) is 0 Å². The Balaban J connectivity index is 2.78. The van der Waals surface area contributed by atoms with Gasteiger partial charge in [0, 0.05) is 0 Å². The molecular formula is C7H10O4. The van der Waals surface area contributed by atoms with E-state index in [2.05, 4.69) is 0 Å². The van der Waals surface area contributed by atoms with Crippen LogP contribution >= 0.6 is 0 Å². The first-order chi connectivity index (χ1) is 5.13. The molecule has 1 aliphatic rings. The van der Waals surface area contributed by atoms with E-state index in [9.17, 15) is 4.79 Å². The highest BCUT2D eigenvalue weighted by Gasteiger charge is 2.27. The predicted molar refractivity (Wildman–Crippen MR) is 37.0 cm³/mol. The molecular weight excluding hydrogens is 148 g/mol. The molecule has 0 fully saturated rings. The molecule has 0 spiro atoms. The third kappa shape index (κ3) is 1.58. The normalized spacial score (nSPS) is 31.3. The highest BCUT2D eigenvalue weighted by atomic mass is 16.4. The summed E-state index contributed by atoms with van der Waals surface area (Å²) in [6.07, 6.45) is 0.240. The Labute approximate surface area is 63.8 Å². The second-order valence-electron chi connectivity index (χ2n) is 2.55. The number of allylic oxidation sites excluding steroid dienone is 1. The minimum atomic E-state index is -1.22. The van der Waals surface area contributed by atoms with Gasteiger partial charge in [-0.3, -0.25) is 0 Å². The Kier molecular flexibility index (Phi) is 2.26. The summed E-state index contributed by atoms with van der Waals surface area (Å²) in [6, 6.07) is 0. The molecule has 0 heterocycles. The van der Waals surface area contributed by atoms with Gasteiger partial charge >= 0.3 is 5.97 Å². The van der Waals surface area contributed by atoms with E-state index < -0.39 is 18.2 Å². The molecule has 0 aromatic carbocycles. The van der Waals surface area contributed by atoms with Crippen LogP contribution in [-0.4, -0.2) is 33.5 Å². The van der Waals surface area contributed by atoms with Crippen molar-refractivity contribution in [1.82, 2.24) is 0 Å². The second kappa shape index (κ2) is 3.02. The van der Waals surface area contributed by atoms with Crippen LogP contribution in [-0.2, 0) is 4.79 Å². The molecule has 0 amide bonds. The van der Waals surface area contributed by atoms with E-state index in [0.29, 0.717) is 12.8 Å². The van der Waals surface area contributed by atoms with Crippen LogP contribution < -0.4 is 0 Å². The SMILES string of the molecule is O=C(O)C1=CCCC(O)C1O. The summed E-state index contributed by atoms with van der Waals surface area (Å²) in [6.45, 7) is 0. The zero-order valence-corrected chi connectivity index (χ0v) is 5.90. The second-order valence-corrected chi connectivity index (χ2v) is 2.55. The van der Waals surface area contributed by atoms with Gasteiger partial charge in [-0.25, -0.2) is 4.79 Å². The molecule has 0 aromatic heterocycles. The summed E-state index contributed by atoms with van der Waals surface area (Å²) < 4.78 is 0. The van der Waals surface area contributed by atoms with E-state index in [4.69, 9.17) is 15.3 Å². The first-order valence-corrected chi connectivity index (χ1v) is 3.42. The Morgan fingerprint density at radius 2 is 2.18 bits per heavy atom. The number of carbonyl (C=O) groups is 1. The monoisotopic (exact) mass is 158 g/mol. The molecule has 1 rings (SSSR count). The number of carboxylic acids is 1. The number of rotatable bonds is 1. The lowest BCUT2D eigenvalue weighted by molar-refractivity contribution is -0.135. The zero-order valence-electron chi connectivity index (χ0n) is 5.90. The van der Waals surface area contributed by atoms with Crippen molar-refractivity contribution < 1.29 is 20.1 Å². The number of aliphatic hydroxyl groups excluding tert-OH is 2. The third-order valence-electron chi connectivity index (χ3n) is 1.76. The molecule has 11 heavy (non-hydrogen) atoms. The van der Waals surface area contributed by atoms with Gasteiger partial charge in [-0.1, -0.05) is 6.08 Å². The van der Waals surface area contributed by atoms with Crippen molar-refractivity contribution in [2.45, 2.75) is 25.0 Å². The summed E-state index contributed by atoms with van der Waals surface area (Å²) in [4.78, 5) is 10.4. The first-order valence-electron chi connectivity index (χ1n) is 3.42. The van der Waals surface area contributed by atoms with Crippen molar-refractivity contribution in [1.29, 1.82) is 0 Å². The number of aliphatic hydroxyl groups is 2. The van der Waals surface area contributed by atoms with Gasteiger partial charge in [-0.05, 0) is 12.8 Å². The fourth-order valence-corrected chi connectivity index (χ4v) is 1.11. The molecule has 0 bridgehead atoms. The van der Waals surface area contributed by atoms with Crippen LogP contribution in [0.1, 0.15) is 12.8 Å². The molecule has 0 saturated heterocycles. The number of aliphatic carboxylic acids is 1. The average molecular weight is 158 g/mol. The lowest BCUT2D eigenvalue weighted by Crippen LogP contribution is -2.33. The largest absolute Gasteiger partial charge is 0.478 e. The predicted octanol–water partition coefficient (Wildman–Crippen LogP) is -0.487. The van der Waals surface area contributed by atoms with E-state index in [0.717, 1.165) is 0 Å². The van der Waals surface area contributed by atoms with E-state index >= 15 is 0 Å². The van der Waals surface area contributed by atoms with Crippen molar-refractivity contribution in [3.05, 3.63) is 11.6 Å². The van der Waals surface area contributed by atoms with E-state index in [1.54, 1.807) is 0 Å². The average Bonchev–Trinajstić information content (AvgIpc) is 1.94. The molecule has 0 aliphatic heterocycles. The molecule has 0 saturated carbocycles. The van der Waals surface area contributed by atoms with Crippen LogP contribution in [0.5, 0.6) is 0 Å². The lowest BCUT2D eigenvalue weighted by atomic mass is 9.94. The Morgan fingerprint density at radius 1 is 1.55 bits per heavy atom. The van der Waals surface area contributed by atoms with Crippen molar-refractivity contribution in [2.24, 2.45) is 0 Å². The first kappa shape index (κ1) is 8.23. The van der Waals surface area contributed by atoms with Gasteiger partial charge in [0.05, 0.1) is 11.7 Å². The molecule has 1 aliphatic carbocycles. The van der Waals surface area contributed by atoms with Crippen LogP contribution in [0, 0.1) is 0 Å². The topological polar surface area (TPSA) is 77.8 Å². The number of hydrogen-bond donors (Lipinski definition) is 3. The Bertz CT molecular complexity index is 197. The minimum absolute atomic E-state index is 0.0937. The molecule has 62 valence electrons. The maximum atomic E-state index is 10.4. The smallest absolute Gasteiger partial charge is 0.333 e. The van der Waals surface area contributed by atoms with Gasteiger partial charge in [-0.15, -0.1) is 0 Å². The summed E-state index contributed by atoms with van der Waals surface area (Å²) in [5, 5.41) is 26.6. The van der Waals surface area contributed by atoms with Crippen LogP contribution in [0.2, 0.25) is 0 Å². The summed E-state index contributed by atoms with van der Waals surface area (Å²) >= 11 is 0. The van der Waals surface area contributed by atoms with Crippen molar-refractivity contribution in [3.8, 4) is 0 Å². The van der Waals surface area contributed by atoms with Gasteiger partial charge in [0.25, 0.3) is 0 Å². The molecule has 3 N–H and O–H groups in total. The number of hydrogen-bond acceptors (Lipinski definition) is 3. The van der Waals surface area contributed by atoms with E-state index in [1.165, 1.54) is 6.08 Å². The summed E-state index contributed by atoms with van der Waals surface area (Å²) in [5.41, 5.74) is -0.0937. The lowest BCUT2D eigenvalue weighted by Gasteiger charge is -2.21. The maximum absolute atomic E-state index is 10.4. The molecule has 4 nitrogen and oxygen atoms in total. The van der Waals surface area contributed by atoms with Crippen LogP contribution in [0.15, 0.2) is 11.6 Å². The van der Waals surface area contributed by atoms with E-state index in [-0.39, 0.29) is 5.57 Å². The summed E-state index contributed by atoms with van der Waals surface area (Å²) in [5.74, 6) is -1.16. The molecule has 0 radical (unpaired) electrons. The molecule has 0 aromatic rings. The molecule has 2 atom stereocenters. The van der Waals surface area contributed by atoms with E-state index in [1.807, 2.05) is 0 Å². The van der Waals surface area contributed by atoms with Crippen LogP contribution in [0.3, 0.4) is 0 Å². The fraction of sp³-hybridized carbons (Fsp3) is 0.571. The maximum Gasteiger partial charge on any atom is 0.333 e. The van der Waals surface area contributed by atoms with Gasteiger partial charge in [0.1, 0.15) is 6.10 Å². The zero-order chi connectivity index (χ0) is 8.43. The third-order valence-corrected chi connectivity index (χ3v) is 1.76. The van der Waals surface area contributed by atoms with Gasteiger partial charge in [0.15, 0.2) is 0 Å². The highest BCUT2D eigenvalue weighted by molar-refractivity contribution is 5.88. The number of carboxylic acid groups (broad SMARTS) is 1. The Morgan fingerprint density at radius 3 is 2.64 bits per heavy atom. The van der Waals surface area contributed by atoms with Crippen molar-refractivity contribution >= 4 is 5.97 Å². The van der Waals surface area contributed by atoms with Crippen LogP contribution in [0.25, 0.3) is 0 Å². The standard InChI is InChI=1S/C7H10O4/c8-5-3-1-2-4(6(5)9)7(10)11/h2,5-6,8-9H,1,3H2,(H,10,11).